The zero-order valence-electron chi connectivity index (χ0n) is 11.8. The molecule has 0 spiro atoms. The number of thioether (sulfide) groups is 1. The molecule has 116 valence electrons. The van der Waals surface area contributed by atoms with Gasteiger partial charge < -0.3 is 9.26 Å². The number of aromatic nitrogens is 1. The van der Waals surface area contributed by atoms with E-state index in [2.05, 4.69) is 5.16 Å². The highest BCUT2D eigenvalue weighted by Gasteiger charge is 2.33. The topological polar surface area (TPSA) is 52.3 Å². The average molecular weight is 358 g/mol. The van der Waals surface area contributed by atoms with E-state index in [9.17, 15) is 4.79 Å². The number of halogens is 2. The summed E-state index contributed by atoms with van der Waals surface area (Å²) in [6.07, 6.45) is 3.48. The molecule has 4 nitrogen and oxygen atoms in total. The van der Waals surface area contributed by atoms with Gasteiger partial charge in [-0.1, -0.05) is 16.8 Å². The van der Waals surface area contributed by atoms with Crippen LogP contribution in [0.15, 0.2) is 27.8 Å². The normalized spacial score (nSPS) is 14.1. The van der Waals surface area contributed by atoms with Crippen molar-refractivity contribution in [3.8, 4) is 5.75 Å². The van der Waals surface area contributed by atoms with E-state index >= 15 is 0 Å². The standard InChI is InChI=1S/C15H13Cl2NO3S/c1-20-14-9(4-5-11(17)15(14)22-7-16)13(19)10-6-21-18-12(10)8-2-3-8/h4-6,8H,2-3,7H2,1H3. The summed E-state index contributed by atoms with van der Waals surface area (Å²) in [7, 11) is 1.51. The molecule has 7 heteroatoms. The number of hydrogen-bond donors (Lipinski definition) is 0. The van der Waals surface area contributed by atoms with Gasteiger partial charge in [-0.2, -0.15) is 0 Å². The monoisotopic (exact) mass is 357 g/mol. The fourth-order valence-corrected chi connectivity index (χ4v) is 3.60. The molecule has 0 bridgehead atoms. The summed E-state index contributed by atoms with van der Waals surface area (Å²) in [6.45, 7) is 0. The van der Waals surface area contributed by atoms with Crippen molar-refractivity contribution in [2.24, 2.45) is 0 Å². The van der Waals surface area contributed by atoms with Crippen molar-refractivity contribution in [3.05, 3.63) is 40.2 Å². The minimum Gasteiger partial charge on any atom is -0.495 e. The Morgan fingerprint density at radius 1 is 1.45 bits per heavy atom. The second-order valence-electron chi connectivity index (χ2n) is 4.93. The predicted octanol–water partition coefficient (Wildman–Crippen LogP) is 4.73. The van der Waals surface area contributed by atoms with Gasteiger partial charge in [0.05, 0.1) is 39.1 Å². The molecule has 0 amide bonds. The number of nitrogens with zero attached hydrogens (tertiary/aromatic N) is 1. The molecule has 0 saturated heterocycles. The molecule has 1 aromatic carbocycles. The van der Waals surface area contributed by atoms with Gasteiger partial charge in [0.15, 0.2) is 0 Å². The van der Waals surface area contributed by atoms with Crippen LogP contribution in [0.1, 0.15) is 40.4 Å². The van der Waals surface area contributed by atoms with Gasteiger partial charge in [-0.25, -0.2) is 0 Å². The molecule has 0 unspecified atom stereocenters. The summed E-state index contributed by atoms with van der Waals surface area (Å²) in [5.41, 5.74) is 1.66. The number of ketones is 1. The van der Waals surface area contributed by atoms with Crippen LogP contribution in [-0.2, 0) is 0 Å². The van der Waals surface area contributed by atoms with E-state index in [1.165, 1.54) is 25.1 Å². The van der Waals surface area contributed by atoms with E-state index in [0.717, 1.165) is 18.5 Å². The molecule has 2 aromatic rings. The SMILES string of the molecule is COc1c(C(=O)c2conc2C2CC2)ccc(Cl)c1SCCl. The van der Waals surface area contributed by atoms with E-state index in [4.69, 9.17) is 32.5 Å². The molecule has 1 heterocycles. The minimum absolute atomic E-state index is 0.173. The van der Waals surface area contributed by atoms with Gasteiger partial charge in [-0.3, -0.25) is 4.79 Å². The molecule has 3 rings (SSSR count). The number of carbonyl (C=O) groups is 1. The van der Waals surface area contributed by atoms with E-state index in [1.54, 1.807) is 12.1 Å². The second-order valence-corrected chi connectivity index (χ2v) is 6.90. The molecule has 0 N–H and O–H groups in total. The number of alkyl halides is 1. The first-order valence-electron chi connectivity index (χ1n) is 6.71. The van der Waals surface area contributed by atoms with Crippen LogP contribution in [0.4, 0.5) is 0 Å². The molecule has 1 aliphatic rings. The van der Waals surface area contributed by atoms with Crippen molar-refractivity contribution in [2.45, 2.75) is 23.7 Å². The highest BCUT2D eigenvalue weighted by atomic mass is 35.5. The number of benzene rings is 1. The predicted molar refractivity (Wildman–Crippen MR) is 86.5 cm³/mol. The zero-order chi connectivity index (χ0) is 15.7. The number of ether oxygens (including phenoxy) is 1. The third-order valence-electron chi connectivity index (χ3n) is 3.52. The Morgan fingerprint density at radius 2 is 2.23 bits per heavy atom. The van der Waals surface area contributed by atoms with Gasteiger partial charge in [0, 0.05) is 5.92 Å². The van der Waals surface area contributed by atoms with Crippen LogP contribution in [0.2, 0.25) is 5.02 Å². The van der Waals surface area contributed by atoms with Crippen LogP contribution in [0.25, 0.3) is 0 Å². The van der Waals surface area contributed by atoms with Gasteiger partial charge in [-0.15, -0.1) is 23.4 Å². The summed E-state index contributed by atoms with van der Waals surface area (Å²) < 4.78 is 10.4. The Kier molecular flexibility index (Phi) is 4.66. The van der Waals surface area contributed by atoms with Crippen LogP contribution >= 0.6 is 35.0 Å². The largest absolute Gasteiger partial charge is 0.495 e. The first-order valence-corrected chi connectivity index (χ1v) is 8.61. The van der Waals surface area contributed by atoms with Gasteiger partial charge in [0.25, 0.3) is 0 Å². The molecule has 0 atom stereocenters. The van der Waals surface area contributed by atoms with Crippen LogP contribution in [0, 0.1) is 0 Å². The third kappa shape index (κ3) is 2.85. The Hall–Kier alpha value is -1.17. The molecule has 1 aromatic heterocycles. The fourth-order valence-electron chi connectivity index (χ4n) is 2.32. The lowest BCUT2D eigenvalue weighted by Gasteiger charge is -2.13. The maximum Gasteiger partial charge on any atom is 0.201 e. The van der Waals surface area contributed by atoms with Crippen molar-refractivity contribution in [1.82, 2.24) is 5.16 Å². The Morgan fingerprint density at radius 3 is 2.86 bits per heavy atom. The Labute approximate surface area is 142 Å². The third-order valence-corrected chi connectivity index (χ3v) is 5.08. The highest BCUT2D eigenvalue weighted by molar-refractivity contribution is 8.00. The smallest absolute Gasteiger partial charge is 0.201 e. The van der Waals surface area contributed by atoms with E-state index in [0.29, 0.717) is 37.9 Å². The van der Waals surface area contributed by atoms with Crippen LogP contribution in [0.5, 0.6) is 5.75 Å². The van der Waals surface area contributed by atoms with E-state index in [1.807, 2.05) is 0 Å². The van der Waals surface area contributed by atoms with Crippen LogP contribution in [0.3, 0.4) is 0 Å². The van der Waals surface area contributed by atoms with Crippen molar-refractivity contribution in [1.29, 1.82) is 0 Å². The van der Waals surface area contributed by atoms with Crippen molar-refractivity contribution >= 4 is 40.7 Å². The Balaban J connectivity index is 2.05. The molecule has 1 fully saturated rings. The average Bonchev–Trinajstić information content (AvgIpc) is 3.25. The lowest BCUT2D eigenvalue weighted by molar-refractivity contribution is 0.103. The van der Waals surface area contributed by atoms with Gasteiger partial charge in [0.1, 0.15) is 12.0 Å². The maximum atomic E-state index is 12.8. The lowest BCUT2D eigenvalue weighted by atomic mass is 10.0. The molecule has 1 saturated carbocycles. The number of rotatable bonds is 6. The van der Waals surface area contributed by atoms with E-state index in [-0.39, 0.29) is 5.78 Å². The van der Waals surface area contributed by atoms with Gasteiger partial charge in [-0.05, 0) is 25.0 Å². The van der Waals surface area contributed by atoms with Crippen LogP contribution in [-0.4, -0.2) is 23.3 Å². The van der Waals surface area contributed by atoms with Gasteiger partial charge in [0.2, 0.25) is 5.78 Å². The summed E-state index contributed by atoms with van der Waals surface area (Å²) in [6, 6.07) is 3.34. The number of carbonyl (C=O) groups excluding carboxylic acids is 1. The Bertz CT molecular complexity index is 713. The quantitative estimate of drug-likeness (QED) is 0.424. The first-order chi connectivity index (χ1) is 10.7. The van der Waals surface area contributed by atoms with Crippen molar-refractivity contribution in [3.63, 3.8) is 0 Å². The molecule has 1 aliphatic carbocycles. The van der Waals surface area contributed by atoms with Crippen molar-refractivity contribution in [2.75, 3.05) is 12.3 Å². The molecule has 22 heavy (non-hydrogen) atoms. The minimum atomic E-state index is -0.173. The molecule has 0 radical (unpaired) electrons. The van der Waals surface area contributed by atoms with E-state index < -0.39 is 0 Å². The van der Waals surface area contributed by atoms with Crippen molar-refractivity contribution < 1.29 is 14.1 Å². The molecule has 0 aliphatic heterocycles. The van der Waals surface area contributed by atoms with Crippen LogP contribution < -0.4 is 4.74 Å². The first kappa shape index (κ1) is 15.7. The second kappa shape index (κ2) is 6.52. The maximum absolute atomic E-state index is 12.8. The summed E-state index contributed by atoms with van der Waals surface area (Å²) >= 11 is 13.3. The molecular weight excluding hydrogens is 345 g/mol. The number of methoxy groups -OCH3 is 1. The summed E-state index contributed by atoms with van der Waals surface area (Å²) in [4.78, 5) is 13.5. The lowest BCUT2D eigenvalue weighted by Crippen LogP contribution is -2.06. The fraction of sp³-hybridized carbons (Fsp3) is 0.333. The summed E-state index contributed by atoms with van der Waals surface area (Å²) in [5.74, 6) is 0.590. The highest BCUT2D eigenvalue weighted by Crippen LogP contribution is 2.43. The van der Waals surface area contributed by atoms with Gasteiger partial charge >= 0.3 is 0 Å². The summed E-state index contributed by atoms with van der Waals surface area (Å²) in [5, 5.41) is 4.79. The molecular formula is C15H13Cl2NO3S. The zero-order valence-corrected chi connectivity index (χ0v) is 14.1. The number of hydrogen-bond acceptors (Lipinski definition) is 5.